The zero-order valence-electron chi connectivity index (χ0n) is 14.6. The van der Waals surface area contributed by atoms with E-state index in [-0.39, 0.29) is 0 Å². The Hall–Kier alpha value is -1.92. The summed E-state index contributed by atoms with van der Waals surface area (Å²) < 4.78 is 10.9. The van der Waals surface area contributed by atoms with E-state index in [1.165, 1.54) is 10.5 Å². The van der Waals surface area contributed by atoms with E-state index < -0.39 is 0 Å². The third kappa shape index (κ3) is 3.41. The molecular formula is C19H23N3O2S. The maximum absolute atomic E-state index is 5.51. The Labute approximate surface area is 152 Å². The average Bonchev–Trinajstić information content (AvgIpc) is 3.15. The van der Waals surface area contributed by atoms with Crippen molar-refractivity contribution in [1.82, 2.24) is 9.88 Å². The molecule has 0 N–H and O–H groups in total. The molecule has 0 unspecified atom stereocenters. The van der Waals surface area contributed by atoms with Crippen molar-refractivity contribution < 1.29 is 9.47 Å². The molecule has 1 aromatic carbocycles. The van der Waals surface area contributed by atoms with E-state index >= 15 is 0 Å². The van der Waals surface area contributed by atoms with Crippen molar-refractivity contribution >= 4 is 17.6 Å². The van der Waals surface area contributed by atoms with E-state index in [2.05, 4.69) is 52.2 Å². The van der Waals surface area contributed by atoms with Gasteiger partial charge in [0.15, 0.2) is 11.5 Å². The molecule has 5 nitrogen and oxygen atoms in total. The van der Waals surface area contributed by atoms with Crippen LogP contribution in [0.5, 0.6) is 11.5 Å². The van der Waals surface area contributed by atoms with Gasteiger partial charge in [-0.1, -0.05) is 6.07 Å². The molecule has 25 heavy (non-hydrogen) atoms. The number of hydrogen-bond donors (Lipinski definition) is 0. The molecule has 6 heteroatoms. The molecule has 0 amide bonds. The number of hydrogen-bond acceptors (Lipinski definition) is 6. The standard InChI is InChI=1S/C19H23N3O2S/c1-14(15-3-5-17-18(11-15)24-13-23-17)21-7-9-22(10-8-21)19-6-4-16(25-2)12-20-19/h3-6,11-12,14H,7-10,13H2,1-2H3/t14-/m0/s1. The largest absolute Gasteiger partial charge is 0.454 e. The van der Waals surface area contributed by atoms with Gasteiger partial charge in [0.1, 0.15) is 5.82 Å². The second-order valence-electron chi connectivity index (χ2n) is 6.37. The highest BCUT2D eigenvalue weighted by Gasteiger charge is 2.24. The molecule has 0 aliphatic carbocycles. The van der Waals surface area contributed by atoms with Crippen LogP contribution in [0.3, 0.4) is 0 Å². The van der Waals surface area contributed by atoms with Crippen LogP contribution in [0.4, 0.5) is 5.82 Å². The van der Waals surface area contributed by atoms with Gasteiger partial charge < -0.3 is 14.4 Å². The molecule has 0 saturated carbocycles. The van der Waals surface area contributed by atoms with Crippen molar-refractivity contribution in [2.75, 3.05) is 44.1 Å². The summed E-state index contributed by atoms with van der Waals surface area (Å²) in [7, 11) is 0. The van der Waals surface area contributed by atoms with Crippen LogP contribution in [0.15, 0.2) is 41.4 Å². The van der Waals surface area contributed by atoms with Crippen LogP contribution >= 0.6 is 11.8 Å². The van der Waals surface area contributed by atoms with Gasteiger partial charge in [-0.3, -0.25) is 4.90 Å². The van der Waals surface area contributed by atoms with Crippen LogP contribution in [-0.2, 0) is 0 Å². The molecule has 3 heterocycles. The first kappa shape index (κ1) is 16.5. The van der Waals surface area contributed by atoms with Crippen LogP contribution in [0.25, 0.3) is 0 Å². The van der Waals surface area contributed by atoms with E-state index in [1.807, 2.05) is 12.3 Å². The van der Waals surface area contributed by atoms with E-state index in [0.29, 0.717) is 12.8 Å². The minimum Gasteiger partial charge on any atom is -0.454 e. The lowest BCUT2D eigenvalue weighted by molar-refractivity contribution is 0.173. The number of nitrogens with zero attached hydrogens (tertiary/aromatic N) is 3. The Morgan fingerprint density at radius 1 is 1.04 bits per heavy atom. The summed E-state index contributed by atoms with van der Waals surface area (Å²) in [5.74, 6) is 2.79. The fourth-order valence-corrected chi connectivity index (χ4v) is 3.76. The van der Waals surface area contributed by atoms with Crippen molar-refractivity contribution in [2.24, 2.45) is 0 Å². The van der Waals surface area contributed by atoms with Gasteiger partial charge in [0, 0.05) is 43.3 Å². The lowest BCUT2D eigenvalue weighted by Gasteiger charge is -2.38. The van der Waals surface area contributed by atoms with Gasteiger partial charge in [-0.05, 0) is 43.0 Å². The van der Waals surface area contributed by atoms with Crippen LogP contribution in [0, 0.1) is 0 Å². The summed E-state index contributed by atoms with van der Waals surface area (Å²) >= 11 is 1.73. The fourth-order valence-electron chi connectivity index (χ4n) is 3.40. The number of benzene rings is 1. The molecule has 1 aromatic heterocycles. The van der Waals surface area contributed by atoms with E-state index in [4.69, 9.17) is 9.47 Å². The minimum atomic E-state index is 0.328. The topological polar surface area (TPSA) is 37.8 Å². The SMILES string of the molecule is CSc1ccc(N2CCN([C@@H](C)c3ccc4c(c3)OCO4)CC2)nc1. The first-order chi connectivity index (χ1) is 12.2. The molecule has 2 aromatic rings. The number of pyridine rings is 1. The molecule has 2 aliphatic rings. The molecule has 4 rings (SSSR count). The van der Waals surface area contributed by atoms with Crippen LogP contribution in [-0.4, -0.2) is 49.1 Å². The quantitative estimate of drug-likeness (QED) is 0.781. The van der Waals surface area contributed by atoms with Gasteiger partial charge in [-0.25, -0.2) is 4.98 Å². The van der Waals surface area contributed by atoms with Crippen molar-refractivity contribution in [3.63, 3.8) is 0 Å². The number of aromatic nitrogens is 1. The van der Waals surface area contributed by atoms with Gasteiger partial charge in [0.25, 0.3) is 0 Å². The summed E-state index contributed by atoms with van der Waals surface area (Å²) in [6.45, 7) is 6.65. The van der Waals surface area contributed by atoms with Crippen LogP contribution in [0.2, 0.25) is 0 Å². The smallest absolute Gasteiger partial charge is 0.231 e. The highest BCUT2D eigenvalue weighted by atomic mass is 32.2. The van der Waals surface area contributed by atoms with Gasteiger partial charge in [0.05, 0.1) is 0 Å². The predicted molar refractivity (Wildman–Crippen MR) is 101 cm³/mol. The van der Waals surface area contributed by atoms with Crippen molar-refractivity contribution in [2.45, 2.75) is 17.9 Å². The van der Waals surface area contributed by atoms with Crippen molar-refractivity contribution in [3.05, 3.63) is 42.1 Å². The van der Waals surface area contributed by atoms with Gasteiger partial charge in [0.2, 0.25) is 6.79 Å². The Bertz CT molecular complexity index is 730. The summed E-state index contributed by atoms with van der Waals surface area (Å²) in [5.41, 5.74) is 1.28. The molecule has 0 radical (unpaired) electrons. The molecule has 1 fully saturated rings. The molecule has 1 saturated heterocycles. The van der Waals surface area contributed by atoms with Crippen LogP contribution < -0.4 is 14.4 Å². The van der Waals surface area contributed by atoms with Gasteiger partial charge in [-0.15, -0.1) is 11.8 Å². The second kappa shape index (κ2) is 7.14. The maximum Gasteiger partial charge on any atom is 0.231 e. The second-order valence-corrected chi connectivity index (χ2v) is 7.25. The Balaban J connectivity index is 1.39. The zero-order valence-corrected chi connectivity index (χ0v) is 15.5. The third-order valence-electron chi connectivity index (χ3n) is 5.02. The monoisotopic (exact) mass is 357 g/mol. The van der Waals surface area contributed by atoms with Crippen molar-refractivity contribution in [1.29, 1.82) is 0 Å². The van der Waals surface area contributed by atoms with E-state index in [0.717, 1.165) is 43.5 Å². The molecule has 0 bridgehead atoms. The molecule has 1 atom stereocenters. The van der Waals surface area contributed by atoms with Gasteiger partial charge in [-0.2, -0.15) is 0 Å². The predicted octanol–water partition coefficient (Wildman–Crippen LogP) is 3.42. The summed E-state index contributed by atoms with van der Waals surface area (Å²) in [6, 6.07) is 10.9. The number of piperazine rings is 1. The minimum absolute atomic E-state index is 0.328. The number of ether oxygens (including phenoxy) is 2. The summed E-state index contributed by atoms with van der Waals surface area (Å²) in [5, 5.41) is 0. The first-order valence-corrected chi connectivity index (χ1v) is 9.85. The number of rotatable bonds is 4. The Morgan fingerprint density at radius 2 is 1.84 bits per heavy atom. The Morgan fingerprint density at radius 3 is 2.56 bits per heavy atom. The third-order valence-corrected chi connectivity index (χ3v) is 5.73. The summed E-state index contributed by atoms with van der Waals surface area (Å²) in [6.07, 6.45) is 4.04. The van der Waals surface area contributed by atoms with Crippen molar-refractivity contribution in [3.8, 4) is 11.5 Å². The van der Waals surface area contributed by atoms with E-state index in [9.17, 15) is 0 Å². The highest BCUT2D eigenvalue weighted by Crippen LogP contribution is 2.35. The summed E-state index contributed by atoms with van der Waals surface area (Å²) in [4.78, 5) is 10.7. The highest BCUT2D eigenvalue weighted by molar-refractivity contribution is 7.98. The number of anilines is 1. The molecular weight excluding hydrogens is 334 g/mol. The number of fused-ring (bicyclic) bond motifs is 1. The zero-order chi connectivity index (χ0) is 17.2. The average molecular weight is 357 g/mol. The lowest BCUT2D eigenvalue weighted by Crippen LogP contribution is -2.47. The molecule has 132 valence electrons. The lowest BCUT2D eigenvalue weighted by atomic mass is 10.1. The molecule has 2 aliphatic heterocycles. The fraction of sp³-hybridized carbons (Fsp3) is 0.421. The van der Waals surface area contributed by atoms with Crippen LogP contribution in [0.1, 0.15) is 18.5 Å². The Kier molecular flexibility index (Phi) is 4.72. The number of thioether (sulfide) groups is 1. The maximum atomic E-state index is 5.51. The normalized spacial score (nSPS) is 18.4. The van der Waals surface area contributed by atoms with E-state index in [1.54, 1.807) is 11.8 Å². The molecule has 0 spiro atoms. The van der Waals surface area contributed by atoms with Gasteiger partial charge >= 0.3 is 0 Å². The first-order valence-electron chi connectivity index (χ1n) is 8.63.